The van der Waals surface area contributed by atoms with Crippen LogP contribution in [0, 0.1) is 6.92 Å². The molecule has 22 heavy (non-hydrogen) atoms. The average molecular weight is 333 g/mol. The quantitative estimate of drug-likeness (QED) is 0.787. The lowest BCUT2D eigenvalue weighted by Crippen LogP contribution is -2.11. The number of esters is 1. The van der Waals surface area contributed by atoms with Gasteiger partial charge in [0.15, 0.2) is 0 Å². The zero-order valence-electron chi connectivity index (χ0n) is 12.2. The van der Waals surface area contributed by atoms with Crippen molar-refractivity contribution in [3.05, 3.63) is 22.1 Å². The fraction of sp³-hybridized carbons (Fsp3) is 0.429. The number of carbonyl (C=O) groups is 1. The van der Waals surface area contributed by atoms with Crippen LogP contribution in [0.25, 0.3) is 10.2 Å². The van der Waals surface area contributed by atoms with Gasteiger partial charge in [-0.1, -0.05) is 0 Å². The maximum Gasteiger partial charge on any atom is 0.425 e. The summed E-state index contributed by atoms with van der Waals surface area (Å²) in [4.78, 5) is 15.3. The van der Waals surface area contributed by atoms with Crippen molar-refractivity contribution in [1.29, 1.82) is 0 Å². The number of aryl methyl sites for hydroxylation is 1. The number of ether oxygens (including phenoxy) is 2. The maximum absolute atomic E-state index is 12.8. The second kappa shape index (κ2) is 6.12. The van der Waals surface area contributed by atoms with E-state index in [9.17, 15) is 18.0 Å². The van der Waals surface area contributed by atoms with E-state index in [0.29, 0.717) is 21.6 Å². The lowest BCUT2D eigenvalue weighted by atomic mass is 10.1. The molecule has 0 radical (unpaired) electrons. The van der Waals surface area contributed by atoms with Crippen LogP contribution in [0.4, 0.5) is 13.2 Å². The van der Waals surface area contributed by atoms with Gasteiger partial charge in [-0.2, -0.15) is 13.2 Å². The number of hydrogen-bond acceptors (Lipinski definition) is 5. The molecular weight excluding hydrogens is 319 g/mol. The van der Waals surface area contributed by atoms with E-state index in [4.69, 9.17) is 9.47 Å². The molecule has 2 aromatic heterocycles. The normalized spacial score (nSPS) is 11.7. The topological polar surface area (TPSA) is 48.4 Å². The summed E-state index contributed by atoms with van der Waals surface area (Å²) in [6.07, 6.45) is -4.45. The van der Waals surface area contributed by atoms with Crippen molar-refractivity contribution in [3.8, 4) is 5.88 Å². The minimum absolute atomic E-state index is 0.00234. The van der Waals surface area contributed by atoms with Crippen molar-refractivity contribution in [1.82, 2.24) is 4.98 Å². The Bertz CT molecular complexity index is 709. The second-order valence-electron chi connectivity index (χ2n) is 4.39. The summed E-state index contributed by atoms with van der Waals surface area (Å²) >= 11 is 0.556. The molecule has 0 aliphatic rings. The Morgan fingerprint density at radius 2 is 2.00 bits per heavy atom. The number of alkyl halides is 3. The molecule has 0 saturated heterocycles. The Morgan fingerprint density at radius 3 is 2.55 bits per heavy atom. The molecule has 0 aromatic carbocycles. The molecule has 2 rings (SSSR count). The van der Waals surface area contributed by atoms with E-state index in [1.54, 1.807) is 20.8 Å². The van der Waals surface area contributed by atoms with Crippen molar-refractivity contribution < 1.29 is 27.4 Å². The minimum atomic E-state index is -4.45. The minimum Gasteiger partial charge on any atom is -0.477 e. The number of fused-ring (bicyclic) bond motifs is 1. The Labute approximate surface area is 128 Å². The molecule has 0 aliphatic heterocycles. The summed E-state index contributed by atoms with van der Waals surface area (Å²) in [6, 6.07) is 0.963. The van der Waals surface area contributed by atoms with Crippen molar-refractivity contribution in [2.24, 2.45) is 0 Å². The first kappa shape index (κ1) is 16.5. The van der Waals surface area contributed by atoms with E-state index >= 15 is 0 Å². The Kier molecular flexibility index (Phi) is 4.60. The number of nitrogens with zero attached hydrogens (tertiary/aromatic N) is 1. The van der Waals surface area contributed by atoms with Crippen LogP contribution in [0.3, 0.4) is 0 Å². The van der Waals surface area contributed by atoms with Crippen LogP contribution in [-0.4, -0.2) is 24.2 Å². The van der Waals surface area contributed by atoms with Crippen molar-refractivity contribution in [3.63, 3.8) is 0 Å². The molecule has 8 heteroatoms. The third kappa shape index (κ3) is 3.01. The van der Waals surface area contributed by atoms with Gasteiger partial charge in [0.25, 0.3) is 0 Å². The summed E-state index contributed by atoms with van der Waals surface area (Å²) in [7, 11) is 0. The summed E-state index contributed by atoms with van der Waals surface area (Å²) in [5.74, 6) is -0.655. The van der Waals surface area contributed by atoms with Crippen LogP contribution >= 0.6 is 11.3 Å². The monoisotopic (exact) mass is 333 g/mol. The third-order valence-electron chi connectivity index (χ3n) is 2.90. The number of pyridine rings is 1. The SMILES string of the molecule is CCOC(=O)c1c(OCC)nc2cc(C(F)(F)F)sc2c1C. The number of carbonyl (C=O) groups excluding carboxylic acids is 1. The van der Waals surface area contributed by atoms with Crippen LogP contribution in [-0.2, 0) is 10.9 Å². The summed E-state index contributed by atoms with van der Waals surface area (Å²) in [6.45, 7) is 5.30. The molecule has 0 unspecified atom stereocenters. The van der Waals surface area contributed by atoms with Gasteiger partial charge in [0, 0.05) is 0 Å². The molecule has 120 valence electrons. The first-order valence-corrected chi connectivity index (χ1v) is 7.42. The zero-order chi connectivity index (χ0) is 16.5. The van der Waals surface area contributed by atoms with E-state index in [1.807, 2.05) is 0 Å². The van der Waals surface area contributed by atoms with Gasteiger partial charge in [-0.3, -0.25) is 0 Å². The third-order valence-corrected chi connectivity index (χ3v) is 4.19. The molecule has 0 fully saturated rings. The van der Waals surface area contributed by atoms with Gasteiger partial charge in [-0.25, -0.2) is 9.78 Å². The average Bonchev–Trinajstić information content (AvgIpc) is 2.83. The van der Waals surface area contributed by atoms with E-state index in [2.05, 4.69) is 4.98 Å². The molecule has 0 amide bonds. The number of rotatable bonds is 4. The highest BCUT2D eigenvalue weighted by Gasteiger charge is 2.34. The highest BCUT2D eigenvalue weighted by Crippen LogP contribution is 2.40. The molecule has 0 bridgehead atoms. The number of aromatic nitrogens is 1. The first-order valence-electron chi connectivity index (χ1n) is 6.60. The molecule has 2 aromatic rings. The highest BCUT2D eigenvalue weighted by atomic mass is 32.1. The molecular formula is C14H14F3NO3S. The predicted octanol–water partition coefficient (Wildman–Crippen LogP) is 4.20. The maximum atomic E-state index is 12.8. The number of thiophene rings is 1. The molecule has 0 saturated carbocycles. The van der Waals surface area contributed by atoms with Gasteiger partial charge < -0.3 is 9.47 Å². The van der Waals surface area contributed by atoms with Gasteiger partial charge in [-0.05, 0) is 32.4 Å². The van der Waals surface area contributed by atoms with Gasteiger partial charge in [-0.15, -0.1) is 11.3 Å². The Hall–Kier alpha value is -1.83. The number of halogens is 3. The van der Waals surface area contributed by atoms with Gasteiger partial charge in [0.1, 0.15) is 10.4 Å². The van der Waals surface area contributed by atoms with Crippen molar-refractivity contribution in [2.75, 3.05) is 13.2 Å². The molecule has 0 N–H and O–H groups in total. The molecule has 4 nitrogen and oxygen atoms in total. The van der Waals surface area contributed by atoms with Gasteiger partial charge in [0.2, 0.25) is 5.88 Å². The smallest absolute Gasteiger partial charge is 0.425 e. The van der Waals surface area contributed by atoms with Crippen LogP contribution in [0.5, 0.6) is 5.88 Å². The van der Waals surface area contributed by atoms with Crippen molar-refractivity contribution in [2.45, 2.75) is 26.9 Å². The largest absolute Gasteiger partial charge is 0.477 e. The lowest BCUT2D eigenvalue weighted by Gasteiger charge is -2.11. The molecule has 0 atom stereocenters. The second-order valence-corrected chi connectivity index (χ2v) is 5.45. The first-order chi connectivity index (χ1) is 10.3. The summed E-state index contributed by atoms with van der Waals surface area (Å²) in [5, 5.41) is 0. The Morgan fingerprint density at radius 1 is 1.32 bits per heavy atom. The molecule has 2 heterocycles. The number of hydrogen-bond donors (Lipinski definition) is 0. The van der Waals surface area contributed by atoms with Crippen LogP contribution in [0.1, 0.15) is 34.6 Å². The fourth-order valence-corrected chi connectivity index (χ4v) is 2.97. The van der Waals surface area contributed by atoms with Gasteiger partial charge in [0.05, 0.1) is 23.4 Å². The van der Waals surface area contributed by atoms with Crippen LogP contribution < -0.4 is 4.74 Å². The standard InChI is InChI=1S/C14H14F3NO3S/c1-4-20-12-10(13(19)21-5-2)7(3)11-8(18-12)6-9(22-11)14(15,16)17/h6H,4-5H2,1-3H3. The summed E-state index contributed by atoms with van der Waals surface area (Å²) in [5.41, 5.74) is 0.616. The van der Waals surface area contributed by atoms with E-state index in [1.165, 1.54) is 0 Å². The zero-order valence-corrected chi connectivity index (χ0v) is 13.0. The fourth-order valence-electron chi connectivity index (χ4n) is 2.00. The summed E-state index contributed by atoms with van der Waals surface area (Å²) < 4.78 is 49.1. The van der Waals surface area contributed by atoms with E-state index < -0.39 is 17.0 Å². The van der Waals surface area contributed by atoms with Crippen LogP contribution in [0.2, 0.25) is 0 Å². The molecule has 0 spiro atoms. The molecule has 0 aliphatic carbocycles. The van der Waals surface area contributed by atoms with E-state index in [-0.39, 0.29) is 30.2 Å². The Balaban J connectivity index is 2.69. The van der Waals surface area contributed by atoms with E-state index in [0.717, 1.165) is 6.07 Å². The highest BCUT2D eigenvalue weighted by molar-refractivity contribution is 7.19. The van der Waals surface area contributed by atoms with Crippen LogP contribution in [0.15, 0.2) is 6.07 Å². The van der Waals surface area contributed by atoms with Crippen molar-refractivity contribution >= 4 is 27.5 Å². The predicted molar refractivity (Wildman–Crippen MR) is 76.5 cm³/mol. The lowest BCUT2D eigenvalue weighted by molar-refractivity contribution is -0.134. The van der Waals surface area contributed by atoms with Gasteiger partial charge >= 0.3 is 12.1 Å².